The Hall–Kier alpha value is -1.39. The molecule has 1 aromatic carbocycles. The van der Waals surface area contributed by atoms with Crippen LogP contribution in [0.25, 0.3) is 0 Å². The lowest BCUT2D eigenvalue weighted by Crippen LogP contribution is -2.54. The minimum absolute atomic E-state index is 0.140. The molecule has 92 valence electrons. The molecule has 2 rings (SSSR count). The maximum atomic E-state index is 11.2. The lowest BCUT2D eigenvalue weighted by Gasteiger charge is -2.39. The first-order valence-corrected chi connectivity index (χ1v) is 5.82. The number of fused-ring (bicyclic) bond motifs is 1. The number of aldehydes is 1. The number of hydrogen-bond donors (Lipinski definition) is 1. The normalized spacial score (nSPS) is 23.3. The average Bonchev–Trinajstić information content (AvgIpc) is 2.35. The Morgan fingerprint density at radius 2 is 2.29 bits per heavy atom. The Labute approximate surface area is 101 Å². The minimum Gasteiger partial charge on any atom is -0.383 e. The predicted octanol–water partition coefficient (Wildman–Crippen LogP) is 0.590. The fourth-order valence-electron chi connectivity index (χ4n) is 2.36. The molecule has 0 amide bonds. The third kappa shape index (κ3) is 2.33. The number of methoxy groups -OCH3 is 1. The summed E-state index contributed by atoms with van der Waals surface area (Å²) in [7, 11) is 1.66. The van der Waals surface area contributed by atoms with Gasteiger partial charge in [-0.1, -0.05) is 18.2 Å². The molecule has 1 aliphatic rings. The van der Waals surface area contributed by atoms with Crippen molar-refractivity contribution in [2.45, 2.75) is 18.5 Å². The van der Waals surface area contributed by atoms with Gasteiger partial charge < -0.3 is 20.2 Å². The van der Waals surface area contributed by atoms with Gasteiger partial charge in [0.05, 0.1) is 6.61 Å². The van der Waals surface area contributed by atoms with Crippen molar-refractivity contribution < 1.29 is 9.53 Å². The van der Waals surface area contributed by atoms with Crippen LogP contribution >= 0.6 is 0 Å². The third-order valence-corrected chi connectivity index (χ3v) is 3.23. The molecule has 0 fully saturated rings. The zero-order chi connectivity index (χ0) is 12.3. The standard InChI is InChI=1S/C13H18N2O2/c1-17-7-6-15-12-5-3-2-4-10(12)8-11(14)13(15)9-16/h2-5,9,11,13H,6-8,14H2,1H3. The highest BCUT2D eigenvalue weighted by Crippen LogP contribution is 2.29. The molecule has 1 aliphatic heterocycles. The maximum absolute atomic E-state index is 11.2. The van der Waals surface area contributed by atoms with E-state index >= 15 is 0 Å². The van der Waals surface area contributed by atoms with Crippen LogP contribution in [0.15, 0.2) is 24.3 Å². The second kappa shape index (κ2) is 5.29. The van der Waals surface area contributed by atoms with Crippen LogP contribution in [0.2, 0.25) is 0 Å². The fourth-order valence-corrected chi connectivity index (χ4v) is 2.36. The topological polar surface area (TPSA) is 55.6 Å². The van der Waals surface area contributed by atoms with Gasteiger partial charge in [-0.05, 0) is 18.1 Å². The Bertz CT molecular complexity index is 395. The van der Waals surface area contributed by atoms with E-state index < -0.39 is 0 Å². The van der Waals surface area contributed by atoms with Gasteiger partial charge in [0.2, 0.25) is 0 Å². The number of benzene rings is 1. The van der Waals surface area contributed by atoms with Gasteiger partial charge >= 0.3 is 0 Å². The fraction of sp³-hybridized carbons (Fsp3) is 0.462. The summed E-state index contributed by atoms with van der Waals surface area (Å²) in [5, 5.41) is 0. The van der Waals surface area contributed by atoms with Crippen LogP contribution in [0.4, 0.5) is 5.69 Å². The third-order valence-electron chi connectivity index (χ3n) is 3.23. The summed E-state index contributed by atoms with van der Waals surface area (Å²) in [6.07, 6.45) is 1.69. The summed E-state index contributed by atoms with van der Waals surface area (Å²) in [4.78, 5) is 13.2. The second-order valence-corrected chi connectivity index (χ2v) is 4.31. The van der Waals surface area contributed by atoms with Gasteiger partial charge in [-0.25, -0.2) is 0 Å². The largest absolute Gasteiger partial charge is 0.383 e. The van der Waals surface area contributed by atoms with E-state index in [2.05, 4.69) is 6.07 Å². The van der Waals surface area contributed by atoms with E-state index in [1.165, 1.54) is 5.56 Å². The quantitative estimate of drug-likeness (QED) is 0.775. The van der Waals surface area contributed by atoms with Crippen LogP contribution in [0.5, 0.6) is 0 Å². The summed E-state index contributed by atoms with van der Waals surface area (Å²) in [5.74, 6) is 0. The molecule has 0 aliphatic carbocycles. The number of anilines is 1. The number of ether oxygens (including phenoxy) is 1. The van der Waals surface area contributed by atoms with Gasteiger partial charge in [-0.15, -0.1) is 0 Å². The number of nitrogens with zero attached hydrogens (tertiary/aromatic N) is 1. The minimum atomic E-state index is -0.250. The number of carbonyl (C=O) groups excluding carboxylic acids is 1. The highest BCUT2D eigenvalue weighted by atomic mass is 16.5. The van der Waals surface area contributed by atoms with Crippen molar-refractivity contribution in [2.24, 2.45) is 5.73 Å². The Balaban J connectivity index is 2.32. The first-order chi connectivity index (χ1) is 8.27. The van der Waals surface area contributed by atoms with E-state index in [4.69, 9.17) is 10.5 Å². The first-order valence-electron chi connectivity index (χ1n) is 5.82. The number of nitrogens with two attached hydrogens (primary N) is 1. The molecule has 0 bridgehead atoms. The molecule has 0 saturated carbocycles. The Kier molecular flexibility index (Phi) is 3.76. The summed E-state index contributed by atoms with van der Waals surface area (Å²) in [5.41, 5.74) is 8.36. The van der Waals surface area contributed by atoms with Crippen LogP contribution in [0.1, 0.15) is 5.56 Å². The summed E-state index contributed by atoms with van der Waals surface area (Å²) >= 11 is 0. The SMILES string of the molecule is COCCN1c2ccccc2CC(N)C1C=O. The molecular weight excluding hydrogens is 216 g/mol. The lowest BCUT2D eigenvalue weighted by molar-refractivity contribution is -0.109. The molecule has 4 nitrogen and oxygen atoms in total. The average molecular weight is 234 g/mol. The van der Waals surface area contributed by atoms with Gasteiger partial charge in [0.15, 0.2) is 0 Å². The smallest absolute Gasteiger partial charge is 0.144 e. The monoisotopic (exact) mass is 234 g/mol. The zero-order valence-electron chi connectivity index (χ0n) is 10.0. The molecule has 0 spiro atoms. The van der Waals surface area contributed by atoms with Crippen LogP contribution in [0, 0.1) is 0 Å². The van der Waals surface area contributed by atoms with Crippen LogP contribution in [-0.4, -0.2) is 38.6 Å². The van der Waals surface area contributed by atoms with Gasteiger partial charge in [0.25, 0.3) is 0 Å². The van der Waals surface area contributed by atoms with Crippen molar-refractivity contribution in [3.8, 4) is 0 Å². The molecule has 2 N–H and O–H groups in total. The molecule has 2 unspecified atom stereocenters. The van der Waals surface area contributed by atoms with E-state index in [9.17, 15) is 4.79 Å². The number of para-hydroxylation sites is 1. The molecule has 1 aromatic rings. The van der Waals surface area contributed by atoms with Gasteiger partial charge in [0.1, 0.15) is 12.3 Å². The summed E-state index contributed by atoms with van der Waals surface area (Å²) < 4.78 is 5.09. The van der Waals surface area contributed by atoms with Crippen molar-refractivity contribution in [3.63, 3.8) is 0 Å². The summed E-state index contributed by atoms with van der Waals surface area (Å²) in [6.45, 7) is 1.27. The Morgan fingerprint density at radius 3 is 3.00 bits per heavy atom. The molecule has 4 heteroatoms. The number of rotatable bonds is 4. The molecule has 0 saturated heterocycles. The van der Waals surface area contributed by atoms with Gasteiger partial charge in [-0.2, -0.15) is 0 Å². The van der Waals surface area contributed by atoms with Crippen molar-refractivity contribution in [1.29, 1.82) is 0 Å². The lowest BCUT2D eigenvalue weighted by atomic mass is 9.92. The number of hydrogen-bond acceptors (Lipinski definition) is 4. The van der Waals surface area contributed by atoms with Gasteiger partial charge in [-0.3, -0.25) is 0 Å². The highest BCUT2D eigenvalue weighted by molar-refractivity contribution is 5.71. The molecule has 0 radical (unpaired) electrons. The second-order valence-electron chi connectivity index (χ2n) is 4.31. The summed E-state index contributed by atoms with van der Waals surface area (Å²) in [6, 6.07) is 7.70. The molecule has 1 heterocycles. The van der Waals surface area contributed by atoms with E-state index in [0.29, 0.717) is 13.2 Å². The molecule has 0 aromatic heterocycles. The van der Waals surface area contributed by atoms with E-state index in [1.54, 1.807) is 7.11 Å². The van der Waals surface area contributed by atoms with Crippen molar-refractivity contribution >= 4 is 12.0 Å². The van der Waals surface area contributed by atoms with E-state index in [1.807, 2.05) is 23.1 Å². The number of carbonyl (C=O) groups is 1. The molecule has 17 heavy (non-hydrogen) atoms. The first kappa shape index (κ1) is 12.1. The Morgan fingerprint density at radius 1 is 1.53 bits per heavy atom. The van der Waals surface area contributed by atoms with E-state index in [-0.39, 0.29) is 12.1 Å². The van der Waals surface area contributed by atoms with Crippen molar-refractivity contribution in [1.82, 2.24) is 0 Å². The van der Waals surface area contributed by atoms with Crippen LogP contribution in [-0.2, 0) is 16.0 Å². The van der Waals surface area contributed by atoms with Crippen molar-refractivity contribution in [3.05, 3.63) is 29.8 Å². The van der Waals surface area contributed by atoms with Gasteiger partial charge in [0, 0.05) is 25.4 Å². The predicted molar refractivity (Wildman–Crippen MR) is 67.2 cm³/mol. The molecular formula is C13H18N2O2. The van der Waals surface area contributed by atoms with E-state index in [0.717, 1.165) is 18.4 Å². The van der Waals surface area contributed by atoms with Crippen LogP contribution in [0.3, 0.4) is 0 Å². The zero-order valence-corrected chi connectivity index (χ0v) is 10.0. The molecule has 2 atom stereocenters. The highest BCUT2D eigenvalue weighted by Gasteiger charge is 2.31. The maximum Gasteiger partial charge on any atom is 0.144 e. The van der Waals surface area contributed by atoms with Crippen molar-refractivity contribution in [2.75, 3.05) is 25.2 Å². The van der Waals surface area contributed by atoms with Crippen LogP contribution < -0.4 is 10.6 Å².